The molecule has 0 atom stereocenters. The Labute approximate surface area is 170 Å². The molecule has 0 saturated heterocycles. The first-order valence-corrected chi connectivity index (χ1v) is 9.77. The van der Waals surface area contributed by atoms with E-state index in [2.05, 4.69) is 16.0 Å². The van der Waals surface area contributed by atoms with E-state index < -0.39 is 0 Å². The van der Waals surface area contributed by atoms with Crippen molar-refractivity contribution in [2.45, 2.75) is 13.3 Å². The van der Waals surface area contributed by atoms with Gasteiger partial charge in [0.1, 0.15) is 4.88 Å². The Balaban J connectivity index is 1.68. The van der Waals surface area contributed by atoms with Gasteiger partial charge in [-0.25, -0.2) is 0 Å². The lowest BCUT2D eigenvalue weighted by Gasteiger charge is -2.11. The molecule has 1 aromatic heterocycles. The van der Waals surface area contributed by atoms with Crippen molar-refractivity contribution in [2.75, 3.05) is 10.6 Å². The molecule has 0 aliphatic rings. The summed E-state index contributed by atoms with van der Waals surface area (Å²) in [4.78, 5) is 24.4. The molecule has 0 radical (unpaired) electrons. The van der Waals surface area contributed by atoms with Crippen LogP contribution in [0, 0.1) is 0 Å². The first-order chi connectivity index (χ1) is 13.0. The minimum absolute atomic E-state index is 0.0811. The quantitative estimate of drug-likeness (QED) is 0.520. The number of carbonyl (C=O) groups is 2. The number of benzene rings is 2. The molecule has 3 aromatic rings. The summed E-state index contributed by atoms with van der Waals surface area (Å²) in [5, 5.41) is 9.75. The van der Waals surface area contributed by atoms with Crippen LogP contribution >= 0.6 is 35.2 Å². The van der Waals surface area contributed by atoms with Crippen LogP contribution in [0.5, 0.6) is 0 Å². The third-order valence-electron chi connectivity index (χ3n) is 3.69. The van der Waals surface area contributed by atoms with E-state index in [1.807, 2.05) is 24.3 Å². The average molecular weight is 418 g/mol. The van der Waals surface area contributed by atoms with Crippen molar-refractivity contribution in [3.05, 3.63) is 58.4 Å². The van der Waals surface area contributed by atoms with Gasteiger partial charge in [-0.2, -0.15) is 0 Å². The van der Waals surface area contributed by atoms with E-state index in [9.17, 15) is 9.59 Å². The maximum absolute atomic E-state index is 12.5. The van der Waals surface area contributed by atoms with E-state index in [1.165, 1.54) is 11.3 Å². The molecule has 0 aliphatic carbocycles. The second-order valence-corrected chi connectivity index (χ2v) is 7.47. The second-order valence-electron chi connectivity index (χ2n) is 5.63. The highest BCUT2D eigenvalue weighted by atomic mass is 35.5. The molecule has 0 spiro atoms. The van der Waals surface area contributed by atoms with Crippen LogP contribution in [-0.2, 0) is 4.79 Å². The zero-order valence-corrected chi connectivity index (χ0v) is 16.7. The Kier molecular flexibility index (Phi) is 6.05. The van der Waals surface area contributed by atoms with Gasteiger partial charge in [0.05, 0.1) is 5.02 Å². The normalized spacial score (nSPS) is 10.4. The number of thiocarbonyl (C=S) groups is 1. The summed E-state index contributed by atoms with van der Waals surface area (Å²) in [6.45, 7) is 1.78. The van der Waals surface area contributed by atoms with Crippen LogP contribution in [-0.4, -0.2) is 16.9 Å². The van der Waals surface area contributed by atoms with Crippen molar-refractivity contribution in [1.29, 1.82) is 0 Å². The lowest BCUT2D eigenvalue weighted by atomic mass is 10.2. The number of hydrogen-bond donors (Lipinski definition) is 3. The van der Waals surface area contributed by atoms with E-state index in [0.29, 0.717) is 27.7 Å². The van der Waals surface area contributed by atoms with Crippen molar-refractivity contribution in [3.63, 3.8) is 0 Å². The Bertz CT molecular complexity index is 1030. The zero-order chi connectivity index (χ0) is 19.4. The summed E-state index contributed by atoms with van der Waals surface area (Å²) in [6, 6.07) is 14.6. The average Bonchev–Trinajstić information content (AvgIpc) is 2.99. The monoisotopic (exact) mass is 417 g/mol. The number of halogens is 1. The van der Waals surface area contributed by atoms with Gasteiger partial charge in [0, 0.05) is 27.9 Å². The van der Waals surface area contributed by atoms with E-state index in [1.54, 1.807) is 31.2 Å². The van der Waals surface area contributed by atoms with Gasteiger partial charge in [-0.15, -0.1) is 11.3 Å². The summed E-state index contributed by atoms with van der Waals surface area (Å²) in [6.07, 6.45) is 0.391. The third-order valence-corrected chi connectivity index (χ3v) is 5.57. The van der Waals surface area contributed by atoms with Gasteiger partial charge in [0.2, 0.25) is 5.91 Å². The highest BCUT2D eigenvalue weighted by molar-refractivity contribution is 7.80. The van der Waals surface area contributed by atoms with Crippen LogP contribution in [0.25, 0.3) is 10.1 Å². The maximum Gasteiger partial charge on any atom is 0.269 e. The second kappa shape index (κ2) is 8.47. The predicted octanol–water partition coefficient (Wildman–Crippen LogP) is 5.03. The Morgan fingerprint density at radius 2 is 1.78 bits per heavy atom. The fourth-order valence-electron chi connectivity index (χ4n) is 2.41. The molecule has 5 nitrogen and oxygen atoms in total. The largest absolute Gasteiger partial charge is 0.332 e. The SMILES string of the molecule is CCC(=O)Nc1cccc(NC(=S)NC(=O)c2sc3ccccc3c2Cl)c1. The first kappa shape index (κ1) is 19.3. The molecule has 8 heteroatoms. The highest BCUT2D eigenvalue weighted by Crippen LogP contribution is 2.34. The fraction of sp³-hybridized carbons (Fsp3) is 0.105. The first-order valence-electron chi connectivity index (χ1n) is 8.17. The van der Waals surface area contributed by atoms with Crippen LogP contribution in [0.15, 0.2) is 48.5 Å². The van der Waals surface area contributed by atoms with E-state index in [0.717, 1.165) is 10.1 Å². The van der Waals surface area contributed by atoms with Crippen molar-refractivity contribution in [1.82, 2.24) is 5.32 Å². The predicted molar refractivity (Wildman–Crippen MR) is 116 cm³/mol. The molecule has 3 N–H and O–H groups in total. The summed E-state index contributed by atoms with van der Waals surface area (Å²) in [5.41, 5.74) is 1.30. The standard InChI is InChI=1S/C19H16ClN3O2S2/c1-2-15(24)21-11-6-5-7-12(10-11)22-19(26)23-18(25)17-16(20)13-8-3-4-9-14(13)27-17/h3-10H,2H2,1H3,(H,21,24)(H2,22,23,25,26). The molecule has 0 bridgehead atoms. The molecule has 0 unspecified atom stereocenters. The van der Waals surface area contributed by atoms with Gasteiger partial charge in [-0.05, 0) is 36.5 Å². The van der Waals surface area contributed by atoms with Gasteiger partial charge in [0.15, 0.2) is 5.11 Å². The van der Waals surface area contributed by atoms with Crippen molar-refractivity contribution in [3.8, 4) is 0 Å². The Morgan fingerprint density at radius 1 is 1.07 bits per heavy atom. The summed E-state index contributed by atoms with van der Waals surface area (Å²) in [7, 11) is 0. The molecule has 2 amide bonds. The summed E-state index contributed by atoms with van der Waals surface area (Å²) in [5.74, 6) is -0.448. The van der Waals surface area contributed by atoms with Crippen LogP contribution in [0.1, 0.15) is 23.0 Å². The highest BCUT2D eigenvalue weighted by Gasteiger charge is 2.17. The minimum Gasteiger partial charge on any atom is -0.332 e. The number of amides is 2. The molecule has 2 aromatic carbocycles. The van der Waals surface area contributed by atoms with Crippen LogP contribution < -0.4 is 16.0 Å². The molecule has 0 aliphatic heterocycles. The number of fused-ring (bicyclic) bond motifs is 1. The molecule has 0 fully saturated rings. The number of carbonyl (C=O) groups excluding carboxylic acids is 2. The van der Waals surface area contributed by atoms with E-state index >= 15 is 0 Å². The molecule has 1 heterocycles. The van der Waals surface area contributed by atoms with E-state index in [-0.39, 0.29) is 16.9 Å². The number of nitrogens with one attached hydrogen (secondary N) is 3. The van der Waals surface area contributed by atoms with Crippen LogP contribution in [0.3, 0.4) is 0 Å². The van der Waals surface area contributed by atoms with Gasteiger partial charge < -0.3 is 10.6 Å². The Hall–Kier alpha value is -2.48. The van der Waals surface area contributed by atoms with Gasteiger partial charge in [-0.3, -0.25) is 14.9 Å². The minimum atomic E-state index is -0.367. The molecule has 138 valence electrons. The molecular formula is C19H16ClN3O2S2. The fourth-order valence-corrected chi connectivity index (χ4v) is 4.03. The van der Waals surface area contributed by atoms with Crippen LogP contribution in [0.4, 0.5) is 11.4 Å². The molecule has 0 saturated carbocycles. The number of rotatable bonds is 4. The number of hydrogen-bond acceptors (Lipinski definition) is 4. The smallest absolute Gasteiger partial charge is 0.269 e. The topological polar surface area (TPSA) is 70.2 Å². The van der Waals surface area contributed by atoms with Crippen molar-refractivity contribution < 1.29 is 9.59 Å². The van der Waals surface area contributed by atoms with Crippen molar-refractivity contribution in [2.24, 2.45) is 0 Å². The zero-order valence-electron chi connectivity index (χ0n) is 14.3. The summed E-state index contributed by atoms with van der Waals surface area (Å²) < 4.78 is 0.936. The number of thiophene rings is 1. The molecule has 3 rings (SSSR count). The van der Waals surface area contributed by atoms with E-state index in [4.69, 9.17) is 23.8 Å². The lowest BCUT2D eigenvalue weighted by molar-refractivity contribution is -0.115. The number of anilines is 2. The van der Waals surface area contributed by atoms with Crippen LogP contribution in [0.2, 0.25) is 5.02 Å². The van der Waals surface area contributed by atoms with Crippen molar-refractivity contribution >= 4 is 73.5 Å². The van der Waals surface area contributed by atoms with Gasteiger partial charge in [0.25, 0.3) is 5.91 Å². The van der Waals surface area contributed by atoms with Gasteiger partial charge in [-0.1, -0.05) is 42.8 Å². The maximum atomic E-state index is 12.5. The lowest BCUT2D eigenvalue weighted by Crippen LogP contribution is -2.33. The molecular weight excluding hydrogens is 402 g/mol. The summed E-state index contributed by atoms with van der Waals surface area (Å²) >= 11 is 12.9. The van der Waals surface area contributed by atoms with Gasteiger partial charge >= 0.3 is 0 Å². The Morgan fingerprint density at radius 3 is 2.48 bits per heavy atom. The third kappa shape index (κ3) is 4.63. The molecule has 27 heavy (non-hydrogen) atoms.